The number of carbonyl (C=O) groups is 2. The third-order valence-corrected chi connectivity index (χ3v) is 5.73. The SMILES string of the molecule is Cc1ccc(-c2ccc(/C=C/C(=O)Nc3cccc(NC(=O)c4ccccc4Cl)c3)o2)cc1Cl. The zero-order valence-electron chi connectivity index (χ0n) is 18.1. The molecule has 0 spiro atoms. The topological polar surface area (TPSA) is 71.3 Å². The molecular formula is C27H20Cl2N2O3. The lowest BCUT2D eigenvalue weighted by molar-refractivity contribution is -0.111. The van der Waals surface area contributed by atoms with Crippen LogP contribution in [0.4, 0.5) is 11.4 Å². The minimum absolute atomic E-state index is 0.336. The van der Waals surface area contributed by atoms with Crippen LogP contribution in [-0.2, 0) is 4.79 Å². The summed E-state index contributed by atoms with van der Waals surface area (Å²) in [5.74, 6) is 0.509. The van der Waals surface area contributed by atoms with Gasteiger partial charge in [-0.1, -0.05) is 53.5 Å². The van der Waals surface area contributed by atoms with Gasteiger partial charge in [0.25, 0.3) is 5.91 Å². The van der Waals surface area contributed by atoms with Crippen LogP contribution in [-0.4, -0.2) is 11.8 Å². The van der Waals surface area contributed by atoms with Crippen molar-refractivity contribution in [1.29, 1.82) is 0 Å². The van der Waals surface area contributed by atoms with E-state index in [0.717, 1.165) is 11.1 Å². The van der Waals surface area contributed by atoms with Crippen molar-refractivity contribution in [3.63, 3.8) is 0 Å². The highest BCUT2D eigenvalue weighted by molar-refractivity contribution is 6.34. The first kappa shape index (κ1) is 23.4. The number of hydrogen-bond acceptors (Lipinski definition) is 3. The van der Waals surface area contributed by atoms with Crippen LogP contribution in [0, 0.1) is 6.92 Å². The maximum Gasteiger partial charge on any atom is 0.257 e. The van der Waals surface area contributed by atoms with E-state index in [1.165, 1.54) is 6.08 Å². The van der Waals surface area contributed by atoms with Gasteiger partial charge in [-0.3, -0.25) is 9.59 Å². The number of rotatable bonds is 6. The molecule has 0 fully saturated rings. The number of aryl methyl sites for hydroxylation is 1. The summed E-state index contributed by atoms with van der Waals surface area (Å²) in [6.45, 7) is 1.93. The van der Waals surface area contributed by atoms with Gasteiger partial charge < -0.3 is 15.1 Å². The van der Waals surface area contributed by atoms with Crippen molar-refractivity contribution in [2.24, 2.45) is 0 Å². The van der Waals surface area contributed by atoms with E-state index in [1.54, 1.807) is 60.7 Å². The summed E-state index contributed by atoms with van der Waals surface area (Å²) in [5.41, 5.74) is 3.27. The molecule has 4 aromatic rings. The normalized spacial score (nSPS) is 10.9. The summed E-state index contributed by atoms with van der Waals surface area (Å²) in [5, 5.41) is 6.57. The van der Waals surface area contributed by atoms with E-state index in [1.807, 2.05) is 31.2 Å². The van der Waals surface area contributed by atoms with E-state index in [4.69, 9.17) is 27.6 Å². The smallest absolute Gasteiger partial charge is 0.257 e. The van der Waals surface area contributed by atoms with Crippen molar-refractivity contribution in [3.05, 3.63) is 112 Å². The van der Waals surface area contributed by atoms with Crippen molar-refractivity contribution in [1.82, 2.24) is 0 Å². The minimum atomic E-state index is -0.342. The molecule has 0 saturated heterocycles. The fourth-order valence-corrected chi connectivity index (χ4v) is 3.61. The Morgan fingerprint density at radius 1 is 0.824 bits per heavy atom. The van der Waals surface area contributed by atoms with Crippen molar-refractivity contribution in [2.45, 2.75) is 6.92 Å². The van der Waals surface area contributed by atoms with Crippen LogP contribution < -0.4 is 10.6 Å². The van der Waals surface area contributed by atoms with Crippen LogP contribution >= 0.6 is 23.2 Å². The Labute approximate surface area is 207 Å². The Kier molecular flexibility index (Phi) is 7.16. The summed E-state index contributed by atoms with van der Waals surface area (Å²) in [6.07, 6.45) is 2.96. The molecule has 1 aromatic heterocycles. The number of carbonyl (C=O) groups excluding carboxylic acids is 2. The molecule has 0 atom stereocenters. The van der Waals surface area contributed by atoms with E-state index in [-0.39, 0.29) is 11.8 Å². The first-order valence-electron chi connectivity index (χ1n) is 10.4. The van der Waals surface area contributed by atoms with Crippen LogP contribution in [0.2, 0.25) is 10.0 Å². The number of benzene rings is 3. The molecule has 1 heterocycles. The maximum absolute atomic E-state index is 12.5. The van der Waals surface area contributed by atoms with E-state index in [0.29, 0.717) is 38.5 Å². The van der Waals surface area contributed by atoms with E-state index >= 15 is 0 Å². The lowest BCUT2D eigenvalue weighted by Gasteiger charge is -2.09. The van der Waals surface area contributed by atoms with Crippen LogP contribution in [0.25, 0.3) is 17.4 Å². The van der Waals surface area contributed by atoms with Gasteiger partial charge in [0, 0.05) is 28.0 Å². The second-order valence-corrected chi connectivity index (χ2v) is 8.32. The molecule has 5 nitrogen and oxygen atoms in total. The number of anilines is 2. The van der Waals surface area contributed by atoms with Gasteiger partial charge in [-0.05, 0) is 67.1 Å². The number of furan rings is 1. The number of amides is 2. The van der Waals surface area contributed by atoms with Crippen molar-refractivity contribution < 1.29 is 14.0 Å². The fraction of sp³-hybridized carbons (Fsp3) is 0.0370. The largest absolute Gasteiger partial charge is 0.457 e. The Hall–Kier alpha value is -3.80. The van der Waals surface area contributed by atoms with Crippen LogP contribution in [0.15, 0.2) is 89.4 Å². The standard InChI is InChI=1S/C27H20Cl2N2O3/c1-17-9-10-18(15-24(17)29)25-13-11-21(34-25)12-14-26(32)30-19-5-4-6-20(16-19)31-27(33)22-7-2-3-8-23(22)28/h2-16H,1H3,(H,30,32)(H,31,33)/b14-12+. The molecule has 3 aromatic carbocycles. The number of halogens is 2. The van der Waals surface area contributed by atoms with Gasteiger partial charge in [-0.2, -0.15) is 0 Å². The predicted octanol–water partition coefficient (Wildman–Crippen LogP) is 7.47. The highest BCUT2D eigenvalue weighted by Gasteiger charge is 2.10. The minimum Gasteiger partial charge on any atom is -0.457 e. The summed E-state index contributed by atoms with van der Waals surface area (Å²) in [6, 6.07) is 22.9. The Morgan fingerprint density at radius 3 is 2.35 bits per heavy atom. The molecule has 0 radical (unpaired) electrons. The van der Waals surface area contributed by atoms with Gasteiger partial charge >= 0.3 is 0 Å². The van der Waals surface area contributed by atoms with Crippen LogP contribution in [0.1, 0.15) is 21.7 Å². The molecule has 0 aliphatic rings. The summed E-state index contributed by atoms with van der Waals surface area (Å²) in [7, 11) is 0. The molecule has 7 heteroatoms. The molecule has 0 saturated carbocycles. The molecule has 34 heavy (non-hydrogen) atoms. The summed E-state index contributed by atoms with van der Waals surface area (Å²) >= 11 is 12.3. The molecule has 2 N–H and O–H groups in total. The van der Waals surface area contributed by atoms with Gasteiger partial charge in [-0.15, -0.1) is 0 Å². The lowest BCUT2D eigenvalue weighted by atomic mass is 10.1. The summed E-state index contributed by atoms with van der Waals surface area (Å²) < 4.78 is 5.80. The quantitative estimate of drug-likeness (QED) is 0.275. The van der Waals surface area contributed by atoms with Gasteiger partial charge in [0.2, 0.25) is 5.91 Å². The Morgan fingerprint density at radius 2 is 1.59 bits per heavy atom. The molecule has 0 aliphatic carbocycles. The third kappa shape index (κ3) is 5.76. The Bertz CT molecular complexity index is 1390. The van der Waals surface area contributed by atoms with Gasteiger partial charge in [0.1, 0.15) is 11.5 Å². The van der Waals surface area contributed by atoms with Crippen LogP contribution in [0.3, 0.4) is 0 Å². The first-order chi connectivity index (χ1) is 16.4. The molecule has 0 bridgehead atoms. The fourth-order valence-electron chi connectivity index (χ4n) is 3.20. The zero-order chi connectivity index (χ0) is 24.1. The maximum atomic E-state index is 12.5. The lowest BCUT2D eigenvalue weighted by Crippen LogP contribution is -2.13. The van der Waals surface area contributed by atoms with Crippen molar-refractivity contribution in [3.8, 4) is 11.3 Å². The molecule has 170 valence electrons. The van der Waals surface area contributed by atoms with E-state index in [2.05, 4.69) is 10.6 Å². The second-order valence-electron chi connectivity index (χ2n) is 7.50. The molecule has 0 aliphatic heterocycles. The summed E-state index contributed by atoms with van der Waals surface area (Å²) in [4.78, 5) is 24.8. The molecule has 4 rings (SSSR count). The molecule has 2 amide bonds. The van der Waals surface area contributed by atoms with Gasteiger partial charge in [0.05, 0.1) is 10.6 Å². The average molecular weight is 491 g/mol. The Balaban J connectivity index is 1.39. The predicted molar refractivity (Wildman–Crippen MR) is 137 cm³/mol. The van der Waals surface area contributed by atoms with E-state index in [9.17, 15) is 9.59 Å². The third-order valence-electron chi connectivity index (χ3n) is 4.99. The monoisotopic (exact) mass is 490 g/mol. The zero-order valence-corrected chi connectivity index (χ0v) is 19.7. The van der Waals surface area contributed by atoms with Gasteiger partial charge in [0.15, 0.2) is 0 Å². The first-order valence-corrected chi connectivity index (χ1v) is 11.2. The molecule has 0 unspecified atom stereocenters. The number of nitrogens with one attached hydrogen (secondary N) is 2. The average Bonchev–Trinajstić information content (AvgIpc) is 3.29. The van der Waals surface area contributed by atoms with Crippen LogP contribution in [0.5, 0.6) is 0 Å². The van der Waals surface area contributed by atoms with Gasteiger partial charge in [-0.25, -0.2) is 0 Å². The van der Waals surface area contributed by atoms with E-state index < -0.39 is 0 Å². The second kappa shape index (κ2) is 10.4. The highest BCUT2D eigenvalue weighted by Crippen LogP contribution is 2.27. The van der Waals surface area contributed by atoms with Crippen molar-refractivity contribution >= 4 is 52.5 Å². The molecular weight excluding hydrogens is 471 g/mol. The number of hydrogen-bond donors (Lipinski definition) is 2. The highest BCUT2D eigenvalue weighted by atomic mass is 35.5. The van der Waals surface area contributed by atoms with Crippen molar-refractivity contribution in [2.75, 3.05) is 10.6 Å².